The maximum atomic E-state index is 12.4. The summed E-state index contributed by atoms with van der Waals surface area (Å²) in [6, 6.07) is 0. The maximum Gasteiger partial charge on any atom is 0.225 e. The molecule has 1 aromatic heterocycles. The molecule has 0 aliphatic carbocycles. The lowest BCUT2D eigenvalue weighted by Crippen LogP contribution is -2.49. The molecule has 0 N–H and O–H groups in total. The van der Waals surface area contributed by atoms with Crippen molar-refractivity contribution < 1.29 is 4.79 Å². The molecule has 118 valence electrons. The molecule has 21 heavy (non-hydrogen) atoms. The summed E-state index contributed by atoms with van der Waals surface area (Å²) in [5, 5.41) is 4.39. The van der Waals surface area contributed by atoms with E-state index in [-0.39, 0.29) is 5.92 Å². The van der Waals surface area contributed by atoms with Crippen molar-refractivity contribution in [3.63, 3.8) is 0 Å². The molecule has 1 aliphatic heterocycles. The third kappa shape index (κ3) is 3.84. The summed E-state index contributed by atoms with van der Waals surface area (Å²) in [6.07, 6.45) is 3.99. The Morgan fingerprint density at radius 2 is 1.86 bits per heavy atom. The Balaban J connectivity index is 1.86. The van der Waals surface area contributed by atoms with E-state index >= 15 is 0 Å². The van der Waals surface area contributed by atoms with Gasteiger partial charge in [0, 0.05) is 57.4 Å². The fourth-order valence-electron chi connectivity index (χ4n) is 3.07. The van der Waals surface area contributed by atoms with Crippen LogP contribution in [0.5, 0.6) is 0 Å². The predicted octanol–water partition coefficient (Wildman–Crippen LogP) is 1.81. The van der Waals surface area contributed by atoms with Crippen molar-refractivity contribution in [3.8, 4) is 0 Å². The van der Waals surface area contributed by atoms with Gasteiger partial charge in [-0.2, -0.15) is 5.10 Å². The van der Waals surface area contributed by atoms with E-state index < -0.39 is 0 Å². The van der Waals surface area contributed by atoms with Crippen LogP contribution in [0.1, 0.15) is 37.9 Å². The number of nitrogens with zero attached hydrogens (tertiary/aromatic N) is 4. The number of carbonyl (C=O) groups excluding carboxylic acids is 1. The third-order valence-corrected chi connectivity index (χ3v) is 4.53. The summed E-state index contributed by atoms with van der Waals surface area (Å²) < 4.78 is 1.87. The topological polar surface area (TPSA) is 41.4 Å². The zero-order valence-corrected chi connectivity index (χ0v) is 13.8. The van der Waals surface area contributed by atoms with Crippen LogP contribution in [0.3, 0.4) is 0 Å². The van der Waals surface area contributed by atoms with E-state index in [2.05, 4.69) is 37.0 Å². The van der Waals surface area contributed by atoms with E-state index in [9.17, 15) is 4.79 Å². The van der Waals surface area contributed by atoms with Gasteiger partial charge in [0.1, 0.15) is 0 Å². The van der Waals surface area contributed by atoms with E-state index in [0.717, 1.165) is 51.3 Å². The smallest absolute Gasteiger partial charge is 0.225 e. The zero-order chi connectivity index (χ0) is 15.4. The average Bonchev–Trinajstić information content (AvgIpc) is 2.79. The van der Waals surface area contributed by atoms with Gasteiger partial charge in [-0.25, -0.2) is 0 Å². The summed E-state index contributed by atoms with van der Waals surface area (Å²) in [4.78, 5) is 16.8. The van der Waals surface area contributed by atoms with Gasteiger partial charge in [-0.05, 0) is 19.8 Å². The molecule has 5 nitrogen and oxygen atoms in total. The second-order valence-electron chi connectivity index (χ2n) is 6.03. The molecule has 2 rings (SSSR count). The first kappa shape index (κ1) is 16.0. The van der Waals surface area contributed by atoms with Gasteiger partial charge in [0.15, 0.2) is 0 Å². The van der Waals surface area contributed by atoms with Crippen LogP contribution in [-0.2, 0) is 18.4 Å². The first-order chi connectivity index (χ1) is 10.0. The van der Waals surface area contributed by atoms with Crippen LogP contribution in [0.15, 0.2) is 6.20 Å². The van der Waals surface area contributed by atoms with Gasteiger partial charge in [-0.15, -0.1) is 0 Å². The highest BCUT2D eigenvalue weighted by atomic mass is 16.2. The van der Waals surface area contributed by atoms with Crippen LogP contribution in [-0.4, -0.2) is 51.7 Å². The average molecular weight is 292 g/mol. The van der Waals surface area contributed by atoms with Crippen molar-refractivity contribution in [1.29, 1.82) is 0 Å². The predicted molar refractivity (Wildman–Crippen MR) is 83.9 cm³/mol. The van der Waals surface area contributed by atoms with Crippen molar-refractivity contribution in [3.05, 3.63) is 17.5 Å². The van der Waals surface area contributed by atoms with Crippen molar-refractivity contribution in [1.82, 2.24) is 19.6 Å². The van der Waals surface area contributed by atoms with Gasteiger partial charge in [0.25, 0.3) is 0 Å². The lowest BCUT2D eigenvalue weighted by molar-refractivity contribution is -0.137. The highest BCUT2D eigenvalue weighted by Gasteiger charge is 2.25. The second kappa shape index (κ2) is 7.07. The van der Waals surface area contributed by atoms with Gasteiger partial charge in [-0.1, -0.05) is 13.8 Å². The largest absolute Gasteiger partial charge is 0.340 e. The fourth-order valence-corrected chi connectivity index (χ4v) is 3.07. The highest BCUT2D eigenvalue weighted by molar-refractivity contribution is 5.78. The summed E-state index contributed by atoms with van der Waals surface area (Å²) in [6.45, 7) is 10.8. The molecule has 1 saturated heterocycles. The van der Waals surface area contributed by atoms with Gasteiger partial charge in [0.2, 0.25) is 5.91 Å². The number of aromatic nitrogens is 2. The Morgan fingerprint density at radius 1 is 1.24 bits per heavy atom. The van der Waals surface area contributed by atoms with Crippen LogP contribution in [0.2, 0.25) is 0 Å². The van der Waals surface area contributed by atoms with Crippen molar-refractivity contribution in [2.75, 3.05) is 26.2 Å². The first-order valence-corrected chi connectivity index (χ1v) is 8.05. The second-order valence-corrected chi connectivity index (χ2v) is 6.03. The van der Waals surface area contributed by atoms with Crippen molar-refractivity contribution in [2.24, 2.45) is 13.0 Å². The Bertz CT molecular complexity index is 471. The quantitative estimate of drug-likeness (QED) is 0.831. The Hall–Kier alpha value is -1.36. The molecule has 0 spiro atoms. The van der Waals surface area contributed by atoms with Crippen LogP contribution >= 0.6 is 0 Å². The monoisotopic (exact) mass is 292 g/mol. The number of amides is 1. The summed E-state index contributed by atoms with van der Waals surface area (Å²) in [5.41, 5.74) is 2.39. The van der Waals surface area contributed by atoms with Gasteiger partial charge < -0.3 is 4.90 Å². The number of piperazine rings is 1. The number of hydrogen-bond acceptors (Lipinski definition) is 3. The van der Waals surface area contributed by atoms with Crippen molar-refractivity contribution >= 4 is 5.91 Å². The number of rotatable bonds is 5. The summed E-state index contributed by atoms with van der Waals surface area (Å²) in [5.74, 6) is 0.550. The summed E-state index contributed by atoms with van der Waals surface area (Å²) >= 11 is 0. The number of aryl methyl sites for hydroxylation is 2. The zero-order valence-electron chi connectivity index (χ0n) is 13.8. The standard InChI is InChI=1S/C16H28N4O/c1-5-14(6-2)16(21)20-9-7-19(8-10-20)12-15-11-18(4)17-13(15)3/h11,14H,5-10,12H2,1-4H3. The number of carbonyl (C=O) groups is 1. The minimum atomic E-state index is 0.206. The van der Waals surface area contributed by atoms with E-state index in [1.165, 1.54) is 5.56 Å². The van der Waals surface area contributed by atoms with Crippen LogP contribution in [0.4, 0.5) is 0 Å². The van der Waals surface area contributed by atoms with Gasteiger partial charge >= 0.3 is 0 Å². The van der Waals surface area contributed by atoms with E-state index in [0.29, 0.717) is 5.91 Å². The minimum Gasteiger partial charge on any atom is -0.340 e. The molecule has 0 saturated carbocycles. The molecule has 1 aliphatic rings. The van der Waals surface area contributed by atoms with Gasteiger partial charge in [0.05, 0.1) is 5.69 Å². The Morgan fingerprint density at radius 3 is 2.33 bits per heavy atom. The van der Waals surface area contributed by atoms with E-state index in [1.54, 1.807) is 0 Å². The van der Waals surface area contributed by atoms with Crippen LogP contribution < -0.4 is 0 Å². The molecule has 5 heteroatoms. The lowest BCUT2D eigenvalue weighted by atomic mass is 10.0. The van der Waals surface area contributed by atoms with Gasteiger partial charge in [-0.3, -0.25) is 14.4 Å². The van der Waals surface area contributed by atoms with Crippen LogP contribution in [0, 0.1) is 12.8 Å². The molecule has 1 aromatic rings. The number of hydrogen-bond donors (Lipinski definition) is 0. The SMILES string of the molecule is CCC(CC)C(=O)N1CCN(Cc2cn(C)nc2C)CC1. The molecule has 1 amide bonds. The fraction of sp³-hybridized carbons (Fsp3) is 0.750. The van der Waals surface area contributed by atoms with E-state index in [1.807, 2.05) is 16.6 Å². The molecular weight excluding hydrogens is 264 g/mol. The minimum absolute atomic E-state index is 0.206. The normalized spacial score (nSPS) is 16.7. The molecular formula is C16H28N4O. The first-order valence-electron chi connectivity index (χ1n) is 8.05. The van der Waals surface area contributed by atoms with E-state index in [4.69, 9.17) is 0 Å². The molecule has 0 radical (unpaired) electrons. The Kier molecular flexibility index (Phi) is 5.39. The summed E-state index contributed by atoms with van der Waals surface area (Å²) in [7, 11) is 1.96. The molecule has 0 unspecified atom stereocenters. The van der Waals surface area contributed by atoms with Crippen molar-refractivity contribution in [2.45, 2.75) is 40.2 Å². The third-order valence-electron chi connectivity index (χ3n) is 4.53. The molecule has 2 heterocycles. The Labute approximate surface area is 127 Å². The maximum absolute atomic E-state index is 12.4. The molecule has 1 fully saturated rings. The van der Waals surface area contributed by atoms with Crippen LogP contribution in [0.25, 0.3) is 0 Å². The molecule has 0 atom stereocenters. The highest BCUT2D eigenvalue weighted by Crippen LogP contribution is 2.16. The molecule has 0 aromatic carbocycles. The molecule has 0 bridgehead atoms. The lowest BCUT2D eigenvalue weighted by Gasteiger charge is -2.36.